The summed E-state index contributed by atoms with van der Waals surface area (Å²) in [5.74, 6) is -0.333. The largest absolute Gasteiger partial charge is 0.457 e. The number of esters is 1. The van der Waals surface area contributed by atoms with Crippen LogP contribution >= 0.6 is 0 Å². The average Bonchev–Trinajstić information content (AvgIpc) is 2.98. The molecule has 0 N–H and O–H groups in total. The minimum Gasteiger partial charge on any atom is -0.457 e. The minimum absolute atomic E-state index is 0.224. The molecule has 0 spiro atoms. The van der Waals surface area contributed by atoms with Crippen molar-refractivity contribution in [2.75, 3.05) is 0 Å². The molecule has 4 aromatic carbocycles. The summed E-state index contributed by atoms with van der Waals surface area (Å²) in [7, 11) is 0. The lowest BCUT2D eigenvalue weighted by Gasteiger charge is -2.49. The highest BCUT2D eigenvalue weighted by molar-refractivity contribution is 5.89. The third-order valence-electron chi connectivity index (χ3n) is 7.23. The summed E-state index contributed by atoms with van der Waals surface area (Å²) in [6.07, 6.45) is 1.62. The maximum Gasteiger partial charge on any atom is 0.338 e. The Hall–Kier alpha value is -3.73. The number of ether oxygens (including phenoxy) is 2. The number of benzene rings is 4. The van der Waals surface area contributed by atoms with Crippen LogP contribution in [0, 0.1) is 0 Å². The Kier molecular flexibility index (Phi) is 10.3. The number of nitrogens with zero attached hydrogens (tertiary/aromatic N) is 1. The summed E-state index contributed by atoms with van der Waals surface area (Å²) < 4.78 is 12.6. The Morgan fingerprint density at radius 3 is 1.62 bits per heavy atom. The molecular weight excluding hydrogens is 494 g/mol. The van der Waals surface area contributed by atoms with E-state index in [-0.39, 0.29) is 24.7 Å². The fraction of sp³-hybridized carbons (Fsp3) is 0.306. The summed E-state index contributed by atoms with van der Waals surface area (Å²) >= 11 is 0. The van der Waals surface area contributed by atoms with E-state index in [9.17, 15) is 4.79 Å². The van der Waals surface area contributed by atoms with Gasteiger partial charge in [0.1, 0.15) is 12.3 Å². The first kappa shape index (κ1) is 29.3. The first-order chi connectivity index (χ1) is 19.4. The zero-order chi connectivity index (χ0) is 28.4. The molecule has 0 aliphatic heterocycles. The van der Waals surface area contributed by atoms with Crippen molar-refractivity contribution in [1.82, 2.24) is 4.90 Å². The van der Waals surface area contributed by atoms with Crippen LogP contribution in [0.1, 0.15) is 66.7 Å². The molecule has 4 heteroatoms. The maximum atomic E-state index is 12.9. The second-order valence-corrected chi connectivity index (χ2v) is 10.8. The SMILES string of the molecule is CC(C)N(C(C)C)C(CCc1ccccc1)(OCc1ccccc1)c1ccc(C(=O)OCc2ccccc2)cc1. The molecule has 0 aromatic heterocycles. The first-order valence-electron chi connectivity index (χ1n) is 14.2. The van der Waals surface area contributed by atoms with Crippen LogP contribution in [0.2, 0.25) is 0 Å². The van der Waals surface area contributed by atoms with Crippen LogP contribution in [0.3, 0.4) is 0 Å². The van der Waals surface area contributed by atoms with Crippen LogP contribution in [0.25, 0.3) is 0 Å². The molecule has 0 fully saturated rings. The normalized spacial score (nSPS) is 13.0. The molecule has 0 saturated heterocycles. The monoisotopic (exact) mass is 535 g/mol. The van der Waals surface area contributed by atoms with Gasteiger partial charge in [0.25, 0.3) is 0 Å². The molecule has 4 rings (SSSR count). The van der Waals surface area contributed by atoms with E-state index in [4.69, 9.17) is 9.47 Å². The highest BCUT2D eigenvalue weighted by atomic mass is 16.5. The molecule has 40 heavy (non-hydrogen) atoms. The number of carbonyl (C=O) groups is 1. The Morgan fingerprint density at radius 1 is 0.650 bits per heavy atom. The molecule has 0 heterocycles. The molecule has 4 aromatic rings. The van der Waals surface area contributed by atoms with E-state index in [0.29, 0.717) is 12.2 Å². The summed E-state index contributed by atoms with van der Waals surface area (Å²) in [5, 5.41) is 0. The van der Waals surface area contributed by atoms with Gasteiger partial charge < -0.3 is 9.47 Å². The summed E-state index contributed by atoms with van der Waals surface area (Å²) in [6, 6.07) is 38.9. The van der Waals surface area contributed by atoms with Crippen LogP contribution in [-0.4, -0.2) is 23.0 Å². The van der Waals surface area contributed by atoms with Crippen molar-refractivity contribution in [3.05, 3.63) is 143 Å². The van der Waals surface area contributed by atoms with Crippen LogP contribution in [-0.2, 0) is 34.8 Å². The van der Waals surface area contributed by atoms with Crippen molar-refractivity contribution < 1.29 is 14.3 Å². The first-order valence-corrected chi connectivity index (χ1v) is 14.2. The number of hydrogen-bond donors (Lipinski definition) is 0. The van der Waals surface area contributed by atoms with E-state index in [1.54, 1.807) is 0 Å². The molecular formula is C36H41NO3. The van der Waals surface area contributed by atoms with E-state index in [2.05, 4.69) is 69.0 Å². The Balaban J connectivity index is 1.67. The van der Waals surface area contributed by atoms with Crippen molar-refractivity contribution in [2.24, 2.45) is 0 Å². The van der Waals surface area contributed by atoms with Gasteiger partial charge in [0.15, 0.2) is 0 Å². The summed E-state index contributed by atoms with van der Waals surface area (Å²) in [5.41, 5.74) is 4.21. The Labute approximate surface area is 239 Å². The van der Waals surface area contributed by atoms with E-state index in [0.717, 1.165) is 29.5 Å². The lowest BCUT2D eigenvalue weighted by Crippen LogP contribution is -2.55. The molecule has 0 amide bonds. The molecule has 0 radical (unpaired) electrons. The van der Waals surface area contributed by atoms with Gasteiger partial charge in [-0.05, 0) is 74.9 Å². The standard InChI is InChI=1S/C36H41NO3/c1-28(2)37(29(3)4)36(25-24-30-14-8-5-9-15-30,40-27-32-18-12-7-13-19-32)34-22-20-33(21-23-34)35(38)39-26-31-16-10-6-11-17-31/h5-23,28-29H,24-27H2,1-4H3. The molecule has 1 unspecified atom stereocenters. The number of aryl methyl sites for hydroxylation is 1. The predicted molar refractivity (Wildman–Crippen MR) is 162 cm³/mol. The zero-order valence-corrected chi connectivity index (χ0v) is 24.1. The fourth-order valence-electron chi connectivity index (χ4n) is 5.49. The van der Waals surface area contributed by atoms with Crippen LogP contribution in [0.5, 0.6) is 0 Å². The van der Waals surface area contributed by atoms with Gasteiger partial charge in [-0.25, -0.2) is 4.79 Å². The molecule has 0 aliphatic rings. The van der Waals surface area contributed by atoms with E-state index >= 15 is 0 Å². The minimum atomic E-state index is -0.708. The van der Waals surface area contributed by atoms with Crippen molar-refractivity contribution in [3.63, 3.8) is 0 Å². The van der Waals surface area contributed by atoms with E-state index in [1.807, 2.05) is 78.9 Å². The van der Waals surface area contributed by atoms with Crippen LogP contribution < -0.4 is 0 Å². The quantitative estimate of drug-likeness (QED) is 0.128. The van der Waals surface area contributed by atoms with Crippen molar-refractivity contribution in [3.8, 4) is 0 Å². The van der Waals surface area contributed by atoms with E-state index < -0.39 is 5.72 Å². The van der Waals surface area contributed by atoms with Gasteiger partial charge in [-0.2, -0.15) is 0 Å². The van der Waals surface area contributed by atoms with Gasteiger partial charge in [0.05, 0.1) is 12.2 Å². The maximum absolute atomic E-state index is 12.9. The number of rotatable bonds is 13. The van der Waals surface area contributed by atoms with Crippen LogP contribution in [0.15, 0.2) is 115 Å². The smallest absolute Gasteiger partial charge is 0.338 e. The van der Waals surface area contributed by atoms with Crippen molar-refractivity contribution in [1.29, 1.82) is 0 Å². The van der Waals surface area contributed by atoms with Gasteiger partial charge in [-0.1, -0.05) is 103 Å². The molecule has 1 atom stereocenters. The van der Waals surface area contributed by atoms with Gasteiger partial charge in [-0.15, -0.1) is 0 Å². The van der Waals surface area contributed by atoms with Gasteiger partial charge in [-0.3, -0.25) is 4.90 Å². The third kappa shape index (κ3) is 7.47. The summed E-state index contributed by atoms with van der Waals surface area (Å²) in [6.45, 7) is 9.61. The molecule has 0 saturated carbocycles. The van der Waals surface area contributed by atoms with Crippen molar-refractivity contribution >= 4 is 5.97 Å². The van der Waals surface area contributed by atoms with Crippen LogP contribution in [0.4, 0.5) is 0 Å². The van der Waals surface area contributed by atoms with Crippen molar-refractivity contribution in [2.45, 2.75) is 71.6 Å². The lowest BCUT2D eigenvalue weighted by molar-refractivity contribution is -0.200. The van der Waals surface area contributed by atoms with E-state index in [1.165, 1.54) is 5.56 Å². The van der Waals surface area contributed by atoms with Gasteiger partial charge >= 0.3 is 5.97 Å². The van der Waals surface area contributed by atoms with Gasteiger partial charge in [0.2, 0.25) is 0 Å². The zero-order valence-electron chi connectivity index (χ0n) is 24.1. The second kappa shape index (κ2) is 14.1. The van der Waals surface area contributed by atoms with Gasteiger partial charge in [0, 0.05) is 12.1 Å². The predicted octanol–water partition coefficient (Wildman–Crippen LogP) is 8.16. The Morgan fingerprint density at radius 2 is 1.12 bits per heavy atom. The molecule has 208 valence electrons. The molecule has 0 bridgehead atoms. The molecule has 4 nitrogen and oxygen atoms in total. The fourth-order valence-corrected chi connectivity index (χ4v) is 5.49. The highest BCUT2D eigenvalue weighted by Crippen LogP contribution is 2.39. The summed E-state index contributed by atoms with van der Waals surface area (Å²) in [4.78, 5) is 15.3. The number of hydrogen-bond acceptors (Lipinski definition) is 4. The average molecular weight is 536 g/mol. The number of carbonyl (C=O) groups excluding carboxylic acids is 1. The third-order valence-corrected chi connectivity index (χ3v) is 7.23. The molecule has 0 aliphatic carbocycles. The second-order valence-electron chi connectivity index (χ2n) is 10.8. The Bertz CT molecular complexity index is 1250. The highest BCUT2D eigenvalue weighted by Gasteiger charge is 2.42. The lowest BCUT2D eigenvalue weighted by atomic mass is 9.90. The topological polar surface area (TPSA) is 38.8 Å².